The Bertz CT molecular complexity index is 1270. The molecule has 0 spiro atoms. The minimum atomic E-state index is -0.412. The summed E-state index contributed by atoms with van der Waals surface area (Å²) in [6, 6.07) is 13.2. The molecule has 0 N–H and O–H groups in total. The SMILES string of the molecule is CCOc1cccc2cc(C(=O)N=c3sc4ccc(OC)cc4n3CCSC)oc12. The number of nitrogens with zero attached hydrogens (tertiary/aromatic N) is 2. The van der Waals surface area contributed by atoms with E-state index in [1.807, 2.05) is 43.3 Å². The largest absolute Gasteiger partial charge is 0.497 e. The summed E-state index contributed by atoms with van der Waals surface area (Å²) in [6.07, 6.45) is 2.06. The van der Waals surface area contributed by atoms with Gasteiger partial charge in [0.05, 0.1) is 23.9 Å². The van der Waals surface area contributed by atoms with Gasteiger partial charge in [-0.15, -0.1) is 0 Å². The number of fused-ring (bicyclic) bond motifs is 2. The third-order valence-electron chi connectivity index (χ3n) is 4.62. The highest BCUT2D eigenvalue weighted by molar-refractivity contribution is 7.98. The van der Waals surface area contributed by atoms with Crippen LogP contribution in [0.25, 0.3) is 21.2 Å². The Morgan fingerprint density at radius 1 is 1.27 bits per heavy atom. The summed E-state index contributed by atoms with van der Waals surface area (Å²) in [5, 5.41) is 0.816. The fourth-order valence-corrected chi connectivity index (χ4v) is 4.61. The van der Waals surface area contributed by atoms with Crippen molar-refractivity contribution in [2.45, 2.75) is 13.5 Å². The zero-order chi connectivity index (χ0) is 21.1. The van der Waals surface area contributed by atoms with Gasteiger partial charge in [-0.2, -0.15) is 16.8 Å². The lowest BCUT2D eigenvalue weighted by atomic mass is 10.2. The van der Waals surface area contributed by atoms with Crippen LogP contribution >= 0.6 is 23.1 Å². The monoisotopic (exact) mass is 442 g/mol. The van der Waals surface area contributed by atoms with Crippen LogP contribution in [-0.2, 0) is 6.54 Å². The number of hydrogen-bond acceptors (Lipinski definition) is 6. The average molecular weight is 443 g/mol. The van der Waals surface area contributed by atoms with Crippen LogP contribution in [0.4, 0.5) is 0 Å². The molecule has 0 unspecified atom stereocenters. The van der Waals surface area contributed by atoms with Crippen molar-refractivity contribution in [2.24, 2.45) is 4.99 Å². The molecule has 0 fully saturated rings. The molecule has 6 nitrogen and oxygen atoms in total. The van der Waals surface area contributed by atoms with Crippen molar-refractivity contribution in [1.29, 1.82) is 0 Å². The molecule has 0 aliphatic heterocycles. The molecule has 0 radical (unpaired) electrons. The second kappa shape index (κ2) is 8.97. The van der Waals surface area contributed by atoms with E-state index in [1.165, 1.54) is 11.3 Å². The van der Waals surface area contributed by atoms with E-state index in [1.54, 1.807) is 24.9 Å². The first-order chi connectivity index (χ1) is 14.6. The van der Waals surface area contributed by atoms with Gasteiger partial charge in [-0.25, -0.2) is 0 Å². The smallest absolute Gasteiger partial charge is 0.315 e. The lowest BCUT2D eigenvalue weighted by Gasteiger charge is -2.05. The van der Waals surface area contributed by atoms with Gasteiger partial charge in [-0.1, -0.05) is 23.5 Å². The molecule has 2 aromatic carbocycles. The molecule has 156 valence electrons. The Labute approximate surface area is 182 Å². The second-order valence-electron chi connectivity index (χ2n) is 6.50. The number of benzene rings is 2. The molecule has 4 rings (SSSR count). The van der Waals surface area contributed by atoms with Crippen LogP contribution in [0.3, 0.4) is 0 Å². The predicted octanol–water partition coefficient (Wildman–Crippen LogP) is 4.96. The van der Waals surface area contributed by atoms with E-state index in [9.17, 15) is 4.79 Å². The molecule has 4 aromatic rings. The number of methoxy groups -OCH3 is 1. The van der Waals surface area contributed by atoms with E-state index in [2.05, 4.69) is 15.8 Å². The van der Waals surface area contributed by atoms with Gasteiger partial charge >= 0.3 is 5.91 Å². The van der Waals surface area contributed by atoms with Crippen molar-refractivity contribution < 1.29 is 18.7 Å². The number of aromatic nitrogens is 1. The highest BCUT2D eigenvalue weighted by Gasteiger charge is 2.16. The quantitative estimate of drug-likeness (QED) is 0.405. The molecule has 0 bridgehead atoms. The maximum absolute atomic E-state index is 12.9. The Morgan fingerprint density at radius 3 is 2.90 bits per heavy atom. The van der Waals surface area contributed by atoms with Gasteiger partial charge in [0.1, 0.15) is 5.75 Å². The van der Waals surface area contributed by atoms with Crippen molar-refractivity contribution in [3.05, 3.63) is 53.0 Å². The number of aryl methyl sites for hydroxylation is 1. The molecule has 0 saturated carbocycles. The number of thioether (sulfide) groups is 1. The summed E-state index contributed by atoms with van der Waals surface area (Å²) in [6.45, 7) is 3.18. The van der Waals surface area contributed by atoms with E-state index < -0.39 is 5.91 Å². The molecular formula is C22H22N2O4S2. The van der Waals surface area contributed by atoms with E-state index in [4.69, 9.17) is 13.9 Å². The van der Waals surface area contributed by atoms with Crippen LogP contribution in [-0.4, -0.2) is 36.2 Å². The Morgan fingerprint density at radius 2 is 2.13 bits per heavy atom. The zero-order valence-corrected chi connectivity index (χ0v) is 18.6. The van der Waals surface area contributed by atoms with Crippen LogP contribution in [0.1, 0.15) is 17.5 Å². The Hall–Kier alpha value is -2.71. The van der Waals surface area contributed by atoms with Crippen LogP contribution < -0.4 is 14.3 Å². The van der Waals surface area contributed by atoms with Crippen LogP contribution in [0.2, 0.25) is 0 Å². The summed E-state index contributed by atoms with van der Waals surface area (Å²) in [5.74, 6) is 2.09. The molecule has 1 amide bonds. The van der Waals surface area contributed by atoms with E-state index in [-0.39, 0.29) is 5.76 Å². The van der Waals surface area contributed by atoms with E-state index in [0.29, 0.717) is 22.7 Å². The standard InChI is InChI=1S/C22H22N2O4S2/c1-4-27-17-7-5-6-14-12-18(28-20(14)17)21(25)23-22-24(10-11-29-3)16-13-15(26-2)8-9-19(16)30-22/h5-9,12-13H,4,10-11H2,1-3H3. The molecule has 2 heterocycles. The summed E-state index contributed by atoms with van der Waals surface area (Å²) in [4.78, 5) is 18.0. The van der Waals surface area contributed by atoms with Gasteiger partial charge in [0.25, 0.3) is 0 Å². The summed E-state index contributed by atoms with van der Waals surface area (Å²) in [7, 11) is 1.65. The fourth-order valence-electron chi connectivity index (χ4n) is 3.21. The number of rotatable bonds is 7. The molecular weight excluding hydrogens is 420 g/mol. The van der Waals surface area contributed by atoms with E-state index >= 15 is 0 Å². The number of amides is 1. The lowest BCUT2D eigenvalue weighted by molar-refractivity contribution is 0.0973. The van der Waals surface area contributed by atoms with Crippen molar-refractivity contribution in [2.75, 3.05) is 25.7 Å². The molecule has 8 heteroatoms. The lowest BCUT2D eigenvalue weighted by Crippen LogP contribution is -2.18. The minimum absolute atomic E-state index is 0.198. The fraction of sp³-hybridized carbons (Fsp3) is 0.273. The van der Waals surface area contributed by atoms with Crippen molar-refractivity contribution in [3.63, 3.8) is 0 Å². The summed E-state index contributed by atoms with van der Waals surface area (Å²) >= 11 is 3.22. The van der Waals surface area contributed by atoms with Crippen LogP contribution in [0.5, 0.6) is 11.5 Å². The Balaban J connectivity index is 1.79. The van der Waals surface area contributed by atoms with Gasteiger partial charge in [0.2, 0.25) is 0 Å². The van der Waals surface area contributed by atoms with Gasteiger partial charge in [-0.3, -0.25) is 4.79 Å². The Kier molecular flexibility index (Phi) is 6.15. The number of para-hydroxylation sites is 1. The normalized spacial score (nSPS) is 12.0. The van der Waals surface area contributed by atoms with Gasteiger partial charge < -0.3 is 18.5 Å². The van der Waals surface area contributed by atoms with Crippen molar-refractivity contribution in [1.82, 2.24) is 4.57 Å². The first-order valence-electron chi connectivity index (χ1n) is 9.55. The molecule has 0 aliphatic carbocycles. The third kappa shape index (κ3) is 3.97. The number of hydrogen-bond donors (Lipinski definition) is 0. The molecule has 0 saturated heterocycles. The van der Waals surface area contributed by atoms with Crippen LogP contribution in [0.15, 0.2) is 51.9 Å². The summed E-state index contributed by atoms with van der Waals surface area (Å²) in [5.41, 5.74) is 1.57. The van der Waals surface area contributed by atoms with Gasteiger partial charge in [-0.05, 0) is 37.4 Å². The minimum Gasteiger partial charge on any atom is -0.497 e. The first kappa shape index (κ1) is 20.6. The highest BCUT2D eigenvalue weighted by Crippen LogP contribution is 2.29. The van der Waals surface area contributed by atoms with Crippen molar-refractivity contribution >= 4 is 50.2 Å². The molecule has 2 aromatic heterocycles. The zero-order valence-electron chi connectivity index (χ0n) is 17.0. The number of thiazole rings is 1. The number of ether oxygens (including phenoxy) is 2. The third-order valence-corrected chi connectivity index (χ3v) is 6.27. The van der Waals surface area contributed by atoms with Crippen molar-refractivity contribution in [3.8, 4) is 11.5 Å². The maximum Gasteiger partial charge on any atom is 0.315 e. The maximum atomic E-state index is 12.9. The van der Waals surface area contributed by atoms with Gasteiger partial charge in [0.15, 0.2) is 21.9 Å². The summed E-state index contributed by atoms with van der Waals surface area (Å²) < 4.78 is 19.9. The molecule has 0 atom stereocenters. The predicted molar refractivity (Wildman–Crippen MR) is 122 cm³/mol. The highest BCUT2D eigenvalue weighted by atomic mass is 32.2. The topological polar surface area (TPSA) is 66.0 Å². The van der Waals surface area contributed by atoms with E-state index in [0.717, 1.165) is 33.6 Å². The molecule has 0 aliphatic rings. The number of carbonyl (C=O) groups is 1. The van der Waals surface area contributed by atoms with Crippen LogP contribution in [0, 0.1) is 0 Å². The average Bonchev–Trinajstić information content (AvgIpc) is 3.34. The second-order valence-corrected chi connectivity index (χ2v) is 8.49. The molecule has 30 heavy (non-hydrogen) atoms. The van der Waals surface area contributed by atoms with Gasteiger partial charge in [0, 0.05) is 23.8 Å². The number of furan rings is 1. The number of carbonyl (C=O) groups excluding carboxylic acids is 1. The first-order valence-corrected chi connectivity index (χ1v) is 11.8.